The molecule has 2 unspecified atom stereocenters. The SMILES string of the molecule is CCc1ccc(NC(=O)C2CC2C(=O)N2CCN(C(=O)c3ccco3)CC2)cc1. The second kappa shape index (κ2) is 8.11. The minimum atomic E-state index is -0.267. The lowest BCUT2D eigenvalue weighted by Crippen LogP contribution is -2.51. The fraction of sp³-hybridized carbons (Fsp3) is 0.409. The zero-order valence-electron chi connectivity index (χ0n) is 16.5. The standard InChI is InChI=1S/C22H25N3O4/c1-2-15-5-7-16(8-6-15)23-20(26)17-14-18(17)21(27)24-9-11-25(12-10-24)22(28)19-4-3-13-29-19/h3-8,13,17-18H,2,9-12,14H2,1H3,(H,23,26). The predicted molar refractivity (Wildman–Crippen MR) is 107 cm³/mol. The molecule has 1 N–H and O–H groups in total. The van der Waals surface area contributed by atoms with Crippen molar-refractivity contribution in [3.63, 3.8) is 0 Å². The summed E-state index contributed by atoms with van der Waals surface area (Å²) < 4.78 is 5.16. The maximum atomic E-state index is 12.7. The van der Waals surface area contributed by atoms with E-state index in [1.54, 1.807) is 21.9 Å². The Balaban J connectivity index is 1.26. The van der Waals surface area contributed by atoms with Crippen molar-refractivity contribution in [2.75, 3.05) is 31.5 Å². The number of hydrogen-bond donors (Lipinski definition) is 1. The first-order valence-corrected chi connectivity index (χ1v) is 10.1. The molecule has 2 atom stereocenters. The molecule has 152 valence electrons. The fourth-order valence-electron chi connectivity index (χ4n) is 3.74. The molecule has 2 aliphatic rings. The van der Waals surface area contributed by atoms with E-state index in [4.69, 9.17) is 4.42 Å². The Hall–Kier alpha value is -3.09. The summed E-state index contributed by atoms with van der Waals surface area (Å²) >= 11 is 0. The number of hydrogen-bond acceptors (Lipinski definition) is 4. The molecule has 0 spiro atoms. The molecule has 3 amide bonds. The van der Waals surface area contributed by atoms with Crippen LogP contribution in [0.1, 0.15) is 29.5 Å². The molecule has 2 aromatic rings. The van der Waals surface area contributed by atoms with Crippen molar-refractivity contribution in [3.05, 3.63) is 54.0 Å². The van der Waals surface area contributed by atoms with Crippen molar-refractivity contribution in [2.45, 2.75) is 19.8 Å². The monoisotopic (exact) mass is 395 g/mol. The molecule has 1 saturated heterocycles. The number of carbonyl (C=O) groups excluding carboxylic acids is 3. The van der Waals surface area contributed by atoms with Crippen LogP contribution >= 0.6 is 0 Å². The van der Waals surface area contributed by atoms with Crippen LogP contribution in [0.3, 0.4) is 0 Å². The third-order valence-electron chi connectivity index (χ3n) is 5.68. The maximum absolute atomic E-state index is 12.7. The smallest absolute Gasteiger partial charge is 0.289 e. The first-order valence-electron chi connectivity index (χ1n) is 10.1. The average Bonchev–Trinajstić information content (AvgIpc) is 3.38. The van der Waals surface area contributed by atoms with Gasteiger partial charge in [-0.15, -0.1) is 0 Å². The van der Waals surface area contributed by atoms with Gasteiger partial charge in [0.2, 0.25) is 11.8 Å². The second-order valence-electron chi connectivity index (χ2n) is 7.58. The van der Waals surface area contributed by atoms with E-state index in [1.807, 2.05) is 24.3 Å². The summed E-state index contributed by atoms with van der Waals surface area (Å²) in [4.78, 5) is 41.0. The van der Waals surface area contributed by atoms with Crippen LogP contribution in [0.25, 0.3) is 0 Å². The fourth-order valence-corrected chi connectivity index (χ4v) is 3.74. The first-order chi connectivity index (χ1) is 14.1. The Kier molecular flexibility index (Phi) is 5.38. The number of anilines is 1. The topological polar surface area (TPSA) is 82.9 Å². The van der Waals surface area contributed by atoms with Crippen molar-refractivity contribution < 1.29 is 18.8 Å². The van der Waals surface area contributed by atoms with Crippen molar-refractivity contribution in [1.82, 2.24) is 9.80 Å². The van der Waals surface area contributed by atoms with Gasteiger partial charge in [0.15, 0.2) is 5.76 Å². The van der Waals surface area contributed by atoms with E-state index in [9.17, 15) is 14.4 Å². The van der Waals surface area contributed by atoms with Gasteiger partial charge in [-0.1, -0.05) is 19.1 Å². The Bertz CT molecular complexity index is 883. The summed E-state index contributed by atoms with van der Waals surface area (Å²) in [7, 11) is 0. The van der Waals surface area contributed by atoms with E-state index in [2.05, 4.69) is 12.2 Å². The van der Waals surface area contributed by atoms with Crippen LogP contribution in [-0.2, 0) is 16.0 Å². The van der Waals surface area contributed by atoms with E-state index in [1.165, 1.54) is 11.8 Å². The van der Waals surface area contributed by atoms with Gasteiger partial charge in [0.1, 0.15) is 0 Å². The second-order valence-corrected chi connectivity index (χ2v) is 7.58. The Morgan fingerprint density at radius 1 is 1.00 bits per heavy atom. The van der Waals surface area contributed by atoms with Gasteiger partial charge < -0.3 is 19.5 Å². The zero-order chi connectivity index (χ0) is 20.4. The average molecular weight is 395 g/mol. The summed E-state index contributed by atoms with van der Waals surface area (Å²) in [6, 6.07) is 11.1. The minimum absolute atomic E-state index is 0.0107. The van der Waals surface area contributed by atoms with Crippen molar-refractivity contribution in [3.8, 4) is 0 Å². The van der Waals surface area contributed by atoms with Crippen LogP contribution in [0, 0.1) is 11.8 Å². The van der Waals surface area contributed by atoms with Gasteiger partial charge in [-0.05, 0) is 42.7 Å². The normalized spacial score (nSPS) is 21.0. The number of carbonyl (C=O) groups is 3. The molecule has 2 heterocycles. The molecule has 1 saturated carbocycles. The van der Waals surface area contributed by atoms with Gasteiger partial charge in [0, 0.05) is 31.9 Å². The molecule has 2 fully saturated rings. The van der Waals surface area contributed by atoms with Crippen molar-refractivity contribution in [2.24, 2.45) is 11.8 Å². The highest BCUT2D eigenvalue weighted by atomic mass is 16.3. The molecule has 29 heavy (non-hydrogen) atoms. The van der Waals surface area contributed by atoms with Crippen LogP contribution in [-0.4, -0.2) is 53.7 Å². The highest BCUT2D eigenvalue weighted by Gasteiger charge is 2.49. The lowest BCUT2D eigenvalue weighted by molar-refractivity contribution is -0.135. The van der Waals surface area contributed by atoms with Crippen LogP contribution in [0.4, 0.5) is 5.69 Å². The summed E-state index contributed by atoms with van der Waals surface area (Å²) in [5.41, 5.74) is 1.97. The molecule has 1 aliphatic heterocycles. The number of furan rings is 1. The maximum Gasteiger partial charge on any atom is 0.289 e. The number of piperazine rings is 1. The zero-order valence-corrected chi connectivity index (χ0v) is 16.5. The van der Waals surface area contributed by atoms with E-state index in [0.29, 0.717) is 38.4 Å². The highest BCUT2D eigenvalue weighted by molar-refractivity contribution is 5.99. The molecule has 7 heteroatoms. The minimum Gasteiger partial charge on any atom is -0.459 e. The van der Waals surface area contributed by atoms with Gasteiger partial charge in [-0.25, -0.2) is 0 Å². The van der Waals surface area contributed by atoms with E-state index < -0.39 is 0 Å². The van der Waals surface area contributed by atoms with E-state index in [0.717, 1.165) is 12.1 Å². The molecule has 0 radical (unpaired) electrons. The van der Waals surface area contributed by atoms with Crippen molar-refractivity contribution >= 4 is 23.4 Å². The lowest BCUT2D eigenvalue weighted by atomic mass is 10.1. The summed E-state index contributed by atoms with van der Waals surface area (Å²) in [6.45, 7) is 3.99. The van der Waals surface area contributed by atoms with Crippen LogP contribution in [0.15, 0.2) is 47.1 Å². The Morgan fingerprint density at radius 3 is 2.31 bits per heavy atom. The van der Waals surface area contributed by atoms with Crippen LogP contribution in [0.5, 0.6) is 0 Å². The van der Waals surface area contributed by atoms with Crippen molar-refractivity contribution in [1.29, 1.82) is 0 Å². The van der Waals surface area contributed by atoms with Gasteiger partial charge in [-0.3, -0.25) is 14.4 Å². The van der Waals surface area contributed by atoms with Gasteiger partial charge in [0.25, 0.3) is 5.91 Å². The molecule has 7 nitrogen and oxygen atoms in total. The van der Waals surface area contributed by atoms with Gasteiger partial charge in [0.05, 0.1) is 18.1 Å². The van der Waals surface area contributed by atoms with Gasteiger partial charge >= 0.3 is 0 Å². The summed E-state index contributed by atoms with van der Waals surface area (Å²) in [5, 5.41) is 2.91. The Labute approximate surface area is 169 Å². The van der Waals surface area contributed by atoms with E-state index in [-0.39, 0.29) is 29.6 Å². The molecular formula is C22H25N3O4. The van der Waals surface area contributed by atoms with Crippen LogP contribution in [0.2, 0.25) is 0 Å². The molecule has 1 aromatic heterocycles. The number of nitrogens with one attached hydrogen (secondary N) is 1. The van der Waals surface area contributed by atoms with E-state index >= 15 is 0 Å². The number of nitrogens with zero attached hydrogens (tertiary/aromatic N) is 2. The quantitative estimate of drug-likeness (QED) is 0.843. The molecule has 1 aromatic carbocycles. The molecule has 1 aliphatic carbocycles. The predicted octanol–water partition coefficient (Wildman–Crippen LogP) is 2.40. The third kappa shape index (κ3) is 4.18. The number of rotatable bonds is 5. The molecular weight excluding hydrogens is 370 g/mol. The number of aryl methyl sites for hydroxylation is 1. The van der Waals surface area contributed by atoms with Crippen LogP contribution < -0.4 is 5.32 Å². The summed E-state index contributed by atoms with van der Waals surface area (Å²) in [6.07, 6.45) is 3.01. The largest absolute Gasteiger partial charge is 0.459 e. The molecule has 4 rings (SSSR count). The highest BCUT2D eigenvalue weighted by Crippen LogP contribution is 2.41. The van der Waals surface area contributed by atoms with Gasteiger partial charge in [-0.2, -0.15) is 0 Å². The number of benzene rings is 1. The lowest BCUT2D eigenvalue weighted by Gasteiger charge is -2.34. The Morgan fingerprint density at radius 2 is 1.69 bits per heavy atom. The number of amides is 3. The molecule has 0 bridgehead atoms. The third-order valence-corrected chi connectivity index (χ3v) is 5.68. The first kappa shape index (κ1) is 19.2. The summed E-state index contributed by atoms with van der Waals surface area (Å²) in [5.74, 6) is -0.445.